The van der Waals surface area contributed by atoms with Crippen molar-refractivity contribution in [2.75, 3.05) is 19.7 Å². The fourth-order valence-corrected chi connectivity index (χ4v) is 4.57. The van der Waals surface area contributed by atoms with Crippen LogP contribution < -0.4 is 0 Å². The molecule has 4 rings (SSSR count). The second kappa shape index (κ2) is 7.94. The highest BCUT2D eigenvalue weighted by atomic mass is 32.1. The van der Waals surface area contributed by atoms with Crippen molar-refractivity contribution >= 4 is 34.3 Å². The third-order valence-electron chi connectivity index (χ3n) is 5.17. The number of carbonyl (C=O) groups excluding carboxylic acids is 2. The van der Waals surface area contributed by atoms with E-state index in [1.54, 1.807) is 30.1 Å². The number of ether oxygens (including phenoxy) is 1. The number of nitrogens with zero attached hydrogens (tertiary/aromatic N) is 3. The first-order chi connectivity index (χ1) is 14.0. The lowest BCUT2D eigenvalue weighted by atomic mass is 9.97. The zero-order chi connectivity index (χ0) is 20.5. The van der Waals surface area contributed by atoms with Gasteiger partial charge in [0.2, 0.25) is 0 Å². The number of hydrogen-bond acceptors (Lipinski definition) is 7. The Kier molecular flexibility index (Phi) is 5.36. The monoisotopic (exact) mass is 413 g/mol. The molecule has 0 saturated carbocycles. The van der Waals surface area contributed by atoms with E-state index >= 15 is 0 Å². The Morgan fingerprint density at radius 1 is 1.34 bits per heavy atom. The van der Waals surface area contributed by atoms with Gasteiger partial charge in [-0.25, -0.2) is 4.98 Å². The lowest BCUT2D eigenvalue weighted by molar-refractivity contribution is -0.149. The van der Waals surface area contributed by atoms with Gasteiger partial charge in [0, 0.05) is 18.0 Å². The zero-order valence-corrected chi connectivity index (χ0v) is 17.5. The molecule has 1 saturated heterocycles. The average molecular weight is 413 g/mol. The summed E-state index contributed by atoms with van der Waals surface area (Å²) in [6.07, 6.45) is 1.50. The van der Waals surface area contributed by atoms with E-state index in [0.717, 1.165) is 22.6 Å². The molecule has 0 bridgehead atoms. The Morgan fingerprint density at radius 3 is 2.90 bits per heavy atom. The fraction of sp³-hybridized carbons (Fsp3) is 0.429. The van der Waals surface area contributed by atoms with Crippen LogP contribution in [0.3, 0.4) is 0 Å². The van der Waals surface area contributed by atoms with Crippen LogP contribution in [0.1, 0.15) is 40.7 Å². The molecule has 3 aromatic rings. The fourth-order valence-electron chi connectivity index (χ4n) is 3.75. The van der Waals surface area contributed by atoms with Crippen molar-refractivity contribution in [3.8, 4) is 10.6 Å². The van der Waals surface area contributed by atoms with Gasteiger partial charge in [0.1, 0.15) is 0 Å². The number of likely N-dealkylation sites (tertiary alicyclic amines) is 1. The van der Waals surface area contributed by atoms with Gasteiger partial charge in [-0.05, 0) is 51.8 Å². The highest BCUT2D eigenvalue weighted by molar-refractivity contribution is 7.15. The van der Waals surface area contributed by atoms with Crippen LogP contribution >= 0.6 is 11.3 Å². The van der Waals surface area contributed by atoms with E-state index in [9.17, 15) is 9.59 Å². The van der Waals surface area contributed by atoms with Gasteiger partial charge >= 0.3 is 5.97 Å². The van der Waals surface area contributed by atoms with E-state index in [1.807, 2.05) is 25.1 Å². The van der Waals surface area contributed by atoms with E-state index in [0.29, 0.717) is 47.7 Å². The maximum absolute atomic E-state index is 13.5. The number of hydrogen-bond donors (Lipinski definition) is 0. The summed E-state index contributed by atoms with van der Waals surface area (Å²) in [7, 11) is 0. The number of esters is 1. The number of carbonyl (C=O) groups is 2. The van der Waals surface area contributed by atoms with Gasteiger partial charge in [-0.15, -0.1) is 11.3 Å². The topological polar surface area (TPSA) is 85.5 Å². The minimum absolute atomic E-state index is 0.132. The molecule has 0 aromatic carbocycles. The van der Waals surface area contributed by atoms with Crippen LogP contribution in [-0.4, -0.2) is 46.6 Å². The number of rotatable bonds is 4. The third-order valence-corrected chi connectivity index (χ3v) is 6.19. The van der Waals surface area contributed by atoms with Crippen LogP contribution in [0.5, 0.6) is 0 Å². The molecular weight excluding hydrogens is 390 g/mol. The summed E-state index contributed by atoms with van der Waals surface area (Å²) < 4.78 is 10.5. The summed E-state index contributed by atoms with van der Waals surface area (Å²) in [5.74, 6) is -0.652. The zero-order valence-electron chi connectivity index (χ0n) is 16.7. The lowest BCUT2D eigenvalue weighted by Gasteiger charge is -2.31. The van der Waals surface area contributed by atoms with Crippen LogP contribution in [0.4, 0.5) is 0 Å². The van der Waals surface area contributed by atoms with E-state index in [2.05, 4.69) is 10.1 Å². The number of fused-ring (bicyclic) bond motifs is 1. The van der Waals surface area contributed by atoms with Gasteiger partial charge in [-0.3, -0.25) is 9.59 Å². The highest BCUT2D eigenvalue weighted by Crippen LogP contribution is 2.32. The molecule has 3 aromatic heterocycles. The molecule has 0 aliphatic carbocycles. The Labute approximate surface area is 172 Å². The summed E-state index contributed by atoms with van der Waals surface area (Å²) in [5, 5.41) is 4.64. The first kappa shape index (κ1) is 19.6. The van der Waals surface area contributed by atoms with Crippen LogP contribution in [-0.2, 0) is 9.53 Å². The first-order valence-electron chi connectivity index (χ1n) is 9.77. The minimum Gasteiger partial charge on any atom is -0.466 e. The molecule has 0 radical (unpaired) electrons. The predicted molar refractivity (Wildman–Crippen MR) is 110 cm³/mol. The quantitative estimate of drug-likeness (QED) is 0.602. The smallest absolute Gasteiger partial charge is 0.310 e. The molecule has 0 spiro atoms. The molecule has 1 amide bonds. The maximum atomic E-state index is 13.5. The van der Waals surface area contributed by atoms with Crippen LogP contribution in [0.25, 0.3) is 21.7 Å². The number of pyridine rings is 1. The van der Waals surface area contributed by atoms with E-state index in [4.69, 9.17) is 9.26 Å². The number of aryl methyl sites for hydroxylation is 2. The van der Waals surface area contributed by atoms with Crippen molar-refractivity contribution in [2.24, 2.45) is 5.92 Å². The van der Waals surface area contributed by atoms with Crippen molar-refractivity contribution in [3.63, 3.8) is 0 Å². The SMILES string of the molecule is CCOC(=O)C1CCCN(C(=O)c2cc(-c3ccc(C)s3)nc3onc(C)c23)C1. The van der Waals surface area contributed by atoms with Gasteiger partial charge in [0.25, 0.3) is 11.6 Å². The van der Waals surface area contributed by atoms with Gasteiger partial charge in [-0.1, -0.05) is 5.16 Å². The van der Waals surface area contributed by atoms with Crippen molar-refractivity contribution in [3.05, 3.63) is 34.3 Å². The molecule has 29 heavy (non-hydrogen) atoms. The summed E-state index contributed by atoms with van der Waals surface area (Å²) in [6, 6.07) is 5.82. The molecule has 1 aliphatic rings. The summed E-state index contributed by atoms with van der Waals surface area (Å²) in [4.78, 5) is 34.1. The second-order valence-corrected chi connectivity index (χ2v) is 8.54. The molecule has 1 aliphatic heterocycles. The van der Waals surface area contributed by atoms with Crippen LogP contribution in [0.2, 0.25) is 0 Å². The van der Waals surface area contributed by atoms with E-state index < -0.39 is 0 Å². The van der Waals surface area contributed by atoms with Crippen LogP contribution in [0, 0.1) is 19.8 Å². The standard InChI is InChI=1S/C21H23N3O4S/c1-4-27-21(26)14-6-5-9-24(11-14)20(25)15-10-16(17-8-7-12(2)29-17)22-19-18(15)13(3)23-28-19/h7-8,10,14H,4-6,9,11H2,1-3H3. The van der Waals surface area contributed by atoms with Crippen molar-refractivity contribution in [1.82, 2.24) is 15.0 Å². The van der Waals surface area contributed by atoms with Gasteiger partial charge < -0.3 is 14.2 Å². The van der Waals surface area contributed by atoms with Crippen molar-refractivity contribution < 1.29 is 18.8 Å². The Morgan fingerprint density at radius 2 is 2.17 bits per heavy atom. The number of amides is 1. The second-order valence-electron chi connectivity index (χ2n) is 7.26. The average Bonchev–Trinajstić information content (AvgIpc) is 3.33. The third kappa shape index (κ3) is 3.76. The predicted octanol–water partition coefficient (Wildman–Crippen LogP) is 3.98. The molecule has 7 nitrogen and oxygen atoms in total. The Balaban J connectivity index is 1.71. The van der Waals surface area contributed by atoms with Gasteiger partial charge in [-0.2, -0.15) is 0 Å². The summed E-state index contributed by atoms with van der Waals surface area (Å²) in [5.41, 5.74) is 2.19. The highest BCUT2D eigenvalue weighted by Gasteiger charge is 2.31. The normalized spacial score (nSPS) is 16.9. The molecule has 4 heterocycles. The Hall–Kier alpha value is -2.74. The van der Waals surface area contributed by atoms with E-state index in [1.165, 1.54) is 0 Å². The largest absolute Gasteiger partial charge is 0.466 e. The minimum atomic E-state index is -0.284. The molecule has 1 fully saturated rings. The first-order valence-corrected chi connectivity index (χ1v) is 10.6. The van der Waals surface area contributed by atoms with Gasteiger partial charge in [0.05, 0.1) is 39.7 Å². The molecule has 8 heteroatoms. The van der Waals surface area contributed by atoms with Crippen LogP contribution in [0.15, 0.2) is 22.7 Å². The number of piperidine rings is 1. The van der Waals surface area contributed by atoms with E-state index in [-0.39, 0.29) is 17.8 Å². The number of aromatic nitrogens is 2. The number of thiophene rings is 1. The molecule has 0 N–H and O–H groups in total. The molecule has 1 atom stereocenters. The lowest BCUT2D eigenvalue weighted by Crippen LogP contribution is -2.42. The molecule has 152 valence electrons. The molecule has 1 unspecified atom stereocenters. The van der Waals surface area contributed by atoms with Crippen molar-refractivity contribution in [1.29, 1.82) is 0 Å². The van der Waals surface area contributed by atoms with Gasteiger partial charge in [0.15, 0.2) is 0 Å². The molecular formula is C21H23N3O4S. The Bertz CT molecular complexity index is 1070. The van der Waals surface area contributed by atoms with Crippen molar-refractivity contribution in [2.45, 2.75) is 33.6 Å². The summed E-state index contributed by atoms with van der Waals surface area (Å²) >= 11 is 1.61. The summed E-state index contributed by atoms with van der Waals surface area (Å²) in [6.45, 7) is 6.94. The maximum Gasteiger partial charge on any atom is 0.310 e.